The second kappa shape index (κ2) is 43.2. The molecule has 0 N–H and O–H groups in total. The van der Waals surface area contributed by atoms with Gasteiger partial charge in [-0.25, -0.2) is 15.0 Å². The quantitative estimate of drug-likeness (QED) is 0.166. The monoisotopic (exact) mass is 1200 g/mol. The first-order valence-corrected chi connectivity index (χ1v) is 33.1. The molecule has 14 rings (SSSR count). The molecule has 6 nitrogen and oxygen atoms in total. The Morgan fingerprint density at radius 1 is 0.315 bits per heavy atom. The van der Waals surface area contributed by atoms with Crippen LogP contribution in [0.15, 0.2) is 283 Å². The first-order valence-electron chi connectivity index (χ1n) is 32.2. The number of hydrogen-bond donors (Lipinski definition) is 0. The van der Waals surface area contributed by atoms with Crippen molar-refractivity contribution < 1.29 is 4.42 Å². The lowest BCUT2D eigenvalue weighted by Gasteiger charge is -2.09. The van der Waals surface area contributed by atoms with Crippen molar-refractivity contribution in [1.82, 2.24) is 24.1 Å². The molecule has 0 unspecified atom stereocenters. The molecular weight excluding hydrogens is 1100 g/mol. The van der Waals surface area contributed by atoms with E-state index < -0.39 is 0 Å². The fraction of sp³-hybridized carbons (Fsp3) is 0.207. The third kappa shape index (κ3) is 20.3. The third-order valence-corrected chi connectivity index (χ3v) is 13.5. The highest BCUT2D eigenvalue weighted by Crippen LogP contribution is 2.40. The number of benzene rings is 10. The zero-order chi connectivity index (χ0) is 65.2. The standard InChI is InChI=1S/C21H17N.C19H14N2.C13H9NO.C13H9NS.8C2H6/c1-22-19-15-9-8-14-18(19)20(16-10-4-2-5-11-16)21(22)17-12-6-3-7-13-17;1-3-9-15(10-4-1)19-20-17-13-7-8-14-18(17)21(19)16-11-5-2-6-12-16;2*1-2-6-10(7-3-1)13-14-11-8-4-5-9-12(11)15-13;8*1-2/h2-15H,1H3;1-14H;2*1-9H;8*1-2H3. The van der Waals surface area contributed by atoms with Crippen molar-refractivity contribution in [3.05, 3.63) is 279 Å². The molecule has 4 aromatic heterocycles. The Bertz CT molecular complexity index is 3840. The van der Waals surface area contributed by atoms with Crippen molar-refractivity contribution in [3.8, 4) is 61.5 Å². The largest absolute Gasteiger partial charge is 0.436 e. The Morgan fingerprint density at radius 2 is 0.708 bits per heavy atom. The smallest absolute Gasteiger partial charge is 0.227 e. The van der Waals surface area contributed by atoms with Gasteiger partial charge in [-0.3, -0.25) is 4.57 Å². The number of oxazole rings is 1. The van der Waals surface area contributed by atoms with E-state index in [-0.39, 0.29) is 0 Å². The van der Waals surface area contributed by atoms with Crippen molar-refractivity contribution in [1.29, 1.82) is 0 Å². The van der Waals surface area contributed by atoms with Gasteiger partial charge in [0.05, 0.1) is 26.9 Å². The minimum absolute atomic E-state index is 0.678. The molecule has 0 aliphatic carbocycles. The van der Waals surface area contributed by atoms with Crippen LogP contribution in [0, 0.1) is 0 Å². The molecule has 0 saturated carbocycles. The summed E-state index contributed by atoms with van der Waals surface area (Å²) in [6.45, 7) is 32.0. The molecule has 0 bridgehead atoms. The molecule has 14 aromatic rings. The Kier molecular flexibility index (Phi) is 35.9. The van der Waals surface area contributed by atoms with Gasteiger partial charge in [-0.2, -0.15) is 0 Å². The molecule has 89 heavy (non-hydrogen) atoms. The molecule has 0 aliphatic rings. The number of fused-ring (bicyclic) bond motifs is 4. The minimum atomic E-state index is 0.678. The summed E-state index contributed by atoms with van der Waals surface area (Å²) in [7, 11) is 2.15. The normalized spacial score (nSPS) is 9.40. The maximum atomic E-state index is 5.64. The Labute approximate surface area is 538 Å². The summed E-state index contributed by atoms with van der Waals surface area (Å²) in [5.41, 5.74) is 15.8. The van der Waals surface area contributed by atoms with Crippen molar-refractivity contribution in [2.75, 3.05) is 0 Å². The number of aryl methyl sites for hydroxylation is 1. The number of hydrogen-bond acceptors (Lipinski definition) is 5. The van der Waals surface area contributed by atoms with Gasteiger partial charge in [0.1, 0.15) is 16.3 Å². The number of para-hydroxylation sites is 7. The summed E-state index contributed by atoms with van der Waals surface area (Å²) in [5, 5.41) is 2.40. The summed E-state index contributed by atoms with van der Waals surface area (Å²) in [6, 6.07) is 95.1. The lowest BCUT2D eigenvalue weighted by atomic mass is 9.98. The zero-order valence-electron chi connectivity index (χ0n) is 56.1. The van der Waals surface area contributed by atoms with Crippen LogP contribution in [0.1, 0.15) is 111 Å². The van der Waals surface area contributed by atoms with Crippen molar-refractivity contribution in [2.45, 2.75) is 111 Å². The summed E-state index contributed by atoms with van der Waals surface area (Å²) >= 11 is 1.74. The first-order chi connectivity index (χ1) is 44.2. The molecule has 0 radical (unpaired) electrons. The van der Waals surface area contributed by atoms with E-state index in [9.17, 15) is 0 Å². The van der Waals surface area contributed by atoms with Crippen LogP contribution in [-0.4, -0.2) is 24.1 Å². The molecule has 0 fully saturated rings. The van der Waals surface area contributed by atoms with Crippen LogP contribution in [-0.2, 0) is 7.05 Å². The lowest BCUT2D eigenvalue weighted by Crippen LogP contribution is -1.96. The van der Waals surface area contributed by atoms with Crippen molar-refractivity contribution in [3.63, 3.8) is 0 Å². The summed E-state index contributed by atoms with van der Waals surface area (Å²) in [5.74, 6) is 1.65. The van der Waals surface area contributed by atoms with Crippen LogP contribution in [0.25, 0.3) is 105 Å². The minimum Gasteiger partial charge on any atom is -0.436 e. The molecule has 462 valence electrons. The molecule has 4 heterocycles. The van der Waals surface area contributed by atoms with Crippen molar-refractivity contribution >= 4 is 54.6 Å². The van der Waals surface area contributed by atoms with Crippen LogP contribution in [0.5, 0.6) is 0 Å². The van der Waals surface area contributed by atoms with Crippen LogP contribution >= 0.6 is 11.3 Å². The summed E-state index contributed by atoms with van der Waals surface area (Å²) in [4.78, 5) is 13.8. The maximum Gasteiger partial charge on any atom is 0.227 e. The van der Waals surface area contributed by atoms with Gasteiger partial charge in [-0.05, 0) is 77.9 Å². The highest BCUT2D eigenvalue weighted by molar-refractivity contribution is 7.21. The average Bonchev–Trinajstić information content (AvgIpc) is 1.86. The molecule has 0 spiro atoms. The third-order valence-electron chi connectivity index (χ3n) is 12.5. The lowest BCUT2D eigenvalue weighted by molar-refractivity contribution is 0.620. The second-order valence-corrected chi connectivity index (χ2v) is 18.2. The van der Waals surface area contributed by atoms with Crippen molar-refractivity contribution in [2.24, 2.45) is 7.05 Å². The summed E-state index contributed by atoms with van der Waals surface area (Å²) < 4.78 is 11.4. The van der Waals surface area contributed by atoms with Crippen LogP contribution in [0.3, 0.4) is 0 Å². The van der Waals surface area contributed by atoms with E-state index in [1.165, 1.54) is 43.6 Å². The SMILES string of the molecule is CC.CC.CC.CC.CC.CC.CC.CC.Cn1c(-c2ccccc2)c(-c2ccccc2)c2ccccc21.c1ccc(-c2nc3ccccc3n2-c2ccccc2)cc1.c1ccc(-c2nc3ccccc3o2)cc1.c1ccc(-c2nc3ccccc3s2)cc1. The number of thiazole rings is 1. The second-order valence-electron chi connectivity index (χ2n) is 17.2. The van der Waals surface area contributed by atoms with Gasteiger partial charge in [0, 0.05) is 45.9 Å². The van der Waals surface area contributed by atoms with E-state index in [0.29, 0.717) is 5.89 Å². The topological polar surface area (TPSA) is 61.7 Å². The van der Waals surface area contributed by atoms with E-state index in [0.717, 1.165) is 55.3 Å². The summed E-state index contributed by atoms with van der Waals surface area (Å²) in [6.07, 6.45) is 0. The highest BCUT2D eigenvalue weighted by atomic mass is 32.1. The number of imidazole rings is 1. The van der Waals surface area contributed by atoms with Gasteiger partial charge in [0.15, 0.2) is 5.58 Å². The first kappa shape index (κ1) is 73.8. The van der Waals surface area contributed by atoms with Gasteiger partial charge in [-0.1, -0.05) is 323 Å². The predicted octanol–water partition coefficient (Wildman–Crippen LogP) is 25.9. The molecule has 0 atom stereocenters. The molecule has 0 saturated heterocycles. The fourth-order valence-corrected chi connectivity index (χ4v) is 9.99. The Hall–Kier alpha value is -9.43. The van der Waals surface area contributed by atoms with E-state index >= 15 is 0 Å². The average molecular weight is 1200 g/mol. The van der Waals surface area contributed by atoms with E-state index in [4.69, 9.17) is 9.40 Å². The van der Waals surface area contributed by atoms with Gasteiger partial charge in [0.25, 0.3) is 0 Å². The highest BCUT2D eigenvalue weighted by Gasteiger charge is 2.18. The Morgan fingerprint density at radius 3 is 1.22 bits per heavy atom. The number of aromatic nitrogens is 5. The van der Waals surface area contributed by atoms with Gasteiger partial charge >= 0.3 is 0 Å². The molecule has 7 heteroatoms. The molecule has 0 aliphatic heterocycles. The predicted molar refractivity (Wildman–Crippen MR) is 396 cm³/mol. The molecule has 0 amide bonds. The van der Waals surface area contributed by atoms with Gasteiger partial charge < -0.3 is 8.98 Å². The van der Waals surface area contributed by atoms with Gasteiger partial charge in [0.2, 0.25) is 5.89 Å². The van der Waals surface area contributed by atoms with E-state index in [1.807, 2.05) is 220 Å². The molecular formula is C82H97N5OS. The van der Waals surface area contributed by atoms with Crippen LogP contribution < -0.4 is 0 Å². The van der Waals surface area contributed by atoms with E-state index in [2.05, 4.69) is 196 Å². The fourth-order valence-electron chi connectivity index (χ4n) is 9.02. The van der Waals surface area contributed by atoms with Crippen LogP contribution in [0.2, 0.25) is 0 Å². The van der Waals surface area contributed by atoms with Crippen LogP contribution in [0.4, 0.5) is 0 Å². The Balaban J connectivity index is 0.000000291. The molecule has 10 aromatic carbocycles. The zero-order valence-corrected chi connectivity index (χ0v) is 56.9. The number of rotatable bonds is 6. The van der Waals surface area contributed by atoms with Gasteiger partial charge in [-0.15, -0.1) is 11.3 Å². The number of nitrogens with zero attached hydrogens (tertiary/aromatic N) is 5. The maximum absolute atomic E-state index is 5.64. The van der Waals surface area contributed by atoms with E-state index in [1.54, 1.807) is 11.3 Å².